The molecule has 37 heavy (non-hydrogen) atoms. The first-order valence-corrected chi connectivity index (χ1v) is 14.1. The number of hydrogen-bond acceptors (Lipinski definition) is 7. The Morgan fingerprint density at radius 2 is 1.95 bits per heavy atom. The second-order valence-electron chi connectivity index (χ2n) is 8.66. The van der Waals surface area contributed by atoms with Crippen molar-refractivity contribution >= 4 is 50.9 Å². The zero-order valence-electron chi connectivity index (χ0n) is 20.7. The fourth-order valence-corrected chi connectivity index (χ4v) is 5.44. The molecule has 3 N–H and O–H groups in total. The average molecular weight is 539 g/mol. The summed E-state index contributed by atoms with van der Waals surface area (Å²) in [6.45, 7) is 2.96. The van der Waals surface area contributed by atoms with E-state index >= 15 is 0 Å². The first-order valence-electron chi connectivity index (χ1n) is 12.2. The lowest BCUT2D eigenvalue weighted by atomic mass is 10.1. The second kappa shape index (κ2) is 13.2. The fourth-order valence-electron chi connectivity index (χ4n) is 3.83. The number of hydrogen-bond donors (Lipinski definition) is 3. The molecule has 11 heteroatoms. The van der Waals surface area contributed by atoms with Crippen molar-refractivity contribution in [1.29, 1.82) is 0 Å². The zero-order valence-corrected chi connectivity index (χ0v) is 22.3. The fraction of sp³-hybridized carbons (Fsp3) is 0.346. The van der Waals surface area contributed by atoms with Gasteiger partial charge in [-0.1, -0.05) is 48.5 Å². The van der Waals surface area contributed by atoms with Gasteiger partial charge in [0.2, 0.25) is 11.8 Å². The number of nitrogens with zero attached hydrogens (tertiary/aromatic N) is 3. The van der Waals surface area contributed by atoms with E-state index in [-0.39, 0.29) is 23.1 Å². The van der Waals surface area contributed by atoms with Crippen LogP contribution in [-0.4, -0.2) is 43.9 Å². The van der Waals surface area contributed by atoms with Gasteiger partial charge in [0.05, 0.1) is 11.3 Å². The van der Waals surface area contributed by atoms with Crippen molar-refractivity contribution in [3.63, 3.8) is 0 Å². The third-order valence-corrected chi connectivity index (χ3v) is 7.57. The smallest absolute Gasteiger partial charge is 0.272 e. The summed E-state index contributed by atoms with van der Waals surface area (Å²) in [5.74, 6) is 0.396. The molecular formula is C26H30N6O3S2. The molecule has 0 radical (unpaired) electrons. The largest absolute Gasteiger partial charge is 0.356 e. The molecule has 0 saturated heterocycles. The number of aromatic nitrogens is 4. The molecule has 4 aromatic rings. The number of carbonyl (C=O) groups is 2. The van der Waals surface area contributed by atoms with Gasteiger partial charge in [0.25, 0.3) is 5.56 Å². The molecule has 3 aromatic heterocycles. The van der Waals surface area contributed by atoms with Gasteiger partial charge in [-0.2, -0.15) is 5.10 Å². The van der Waals surface area contributed by atoms with E-state index in [1.54, 1.807) is 10.6 Å². The van der Waals surface area contributed by atoms with Crippen molar-refractivity contribution in [3.8, 4) is 0 Å². The van der Waals surface area contributed by atoms with E-state index in [0.717, 1.165) is 31.4 Å². The maximum atomic E-state index is 13.1. The highest BCUT2D eigenvalue weighted by atomic mass is 32.2. The maximum Gasteiger partial charge on any atom is 0.272 e. The van der Waals surface area contributed by atoms with Crippen LogP contribution in [0.5, 0.6) is 0 Å². The van der Waals surface area contributed by atoms with Crippen molar-refractivity contribution in [2.45, 2.75) is 50.7 Å². The van der Waals surface area contributed by atoms with Crippen LogP contribution in [-0.2, 0) is 22.6 Å². The van der Waals surface area contributed by atoms with E-state index in [1.807, 2.05) is 36.6 Å². The number of thioether (sulfide) groups is 1. The standard InChI is InChI=1S/C26H30N6O3S2/c1-18-16-21(31-30-18)29-23(34)17-37-26-28-20-12-15-36-24(20)25(35)32(26)14-7-3-6-10-22(33)27-13-11-19-8-4-2-5-9-19/h2,4-5,8-9,12,15-16H,3,6-7,10-11,13-14,17H2,1H3,(H,27,33)(H2,29,30,31,34). The number of unbranched alkanes of at least 4 members (excludes halogenated alkanes) is 2. The second-order valence-corrected chi connectivity index (χ2v) is 10.5. The molecule has 0 aliphatic rings. The van der Waals surface area contributed by atoms with Crippen LogP contribution in [0.25, 0.3) is 10.2 Å². The number of aryl methyl sites for hydroxylation is 1. The van der Waals surface area contributed by atoms with Gasteiger partial charge >= 0.3 is 0 Å². The number of aromatic amines is 1. The number of H-pyrrole nitrogens is 1. The molecular weight excluding hydrogens is 508 g/mol. The van der Waals surface area contributed by atoms with Crippen LogP contribution in [0, 0.1) is 6.92 Å². The van der Waals surface area contributed by atoms with E-state index in [1.165, 1.54) is 28.7 Å². The number of fused-ring (bicyclic) bond motifs is 1. The van der Waals surface area contributed by atoms with E-state index in [9.17, 15) is 14.4 Å². The molecule has 194 valence electrons. The Morgan fingerprint density at radius 1 is 1.11 bits per heavy atom. The molecule has 3 heterocycles. The molecule has 0 unspecified atom stereocenters. The van der Waals surface area contributed by atoms with Crippen LogP contribution in [0.4, 0.5) is 5.82 Å². The van der Waals surface area contributed by atoms with E-state index in [4.69, 9.17) is 0 Å². The first-order chi connectivity index (χ1) is 18.0. The quantitative estimate of drug-likeness (QED) is 0.134. The number of nitrogens with one attached hydrogen (secondary N) is 3. The number of carbonyl (C=O) groups excluding carboxylic acids is 2. The Bertz CT molecular complexity index is 1400. The van der Waals surface area contributed by atoms with Crippen molar-refractivity contribution in [1.82, 2.24) is 25.1 Å². The molecule has 0 fully saturated rings. The van der Waals surface area contributed by atoms with E-state index < -0.39 is 0 Å². The predicted octanol–water partition coefficient (Wildman–Crippen LogP) is 4.14. The normalized spacial score (nSPS) is 11.1. The van der Waals surface area contributed by atoms with Gasteiger partial charge in [0.1, 0.15) is 4.70 Å². The van der Waals surface area contributed by atoms with E-state index in [0.29, 0.717) is 40.7 Å². The van der Waals surface area contributed by atoms with Crippen LogP contribution in [0.15, 0.2) is 57.8 Å². The Kier molecular flexibility index (Phi) is 9.50. The van der Waals surface area contributed by atoms with Gasteiger partial charge in [-0.15, -0.1) is 11.3 Å². The van der Waals surface area contributed by atoms with Crippen LogP contribution in [0.1, 0.15) is 36.9 Å². The molecule has 0 bridgehead atoms. The van der Waals surface area contributed by atoms with Crippen LogP contribution in [0.2, 0.25) is 0 Å². The molecule has 9 nitrogen and oxygen atoms in total. The Balaban J connectivity index is 1.25. The van der Waals surface area contributed by atoms with Gasteiger partial charge in [-0.25, -0.2) is 4.98 Å². The minimum absolute atomic E-state index is 0.0455. The molecule has 1 aromatic carbocycles. The highest BCUT2D eigenvalue weighted by Crippen LogP contribution is 2.22. The molecule has 0 spiro atoms. The van der Waals surface area contributed by atoms with Crippen molar-refractivity contribution in [2.24, 2.45) is 0 Å². The van der Waals surface area contributed by atoms with Crippen molar-refractivity contribution in [3.05, 3.63) is 69.5 Å². The predicted molar refractivity (Wildman–Crippen MR) is 148 cm³/mol. The lowest BCUT2D eigenvalue weighted by molar-refractivity contribution is -0.121. The number of thiophene rings is 1. The summed E-state index contributed by atoms with van der Waals surface area (Å²) in [6.07, 6.45) is 3.56. The Hall–Kier alpha value is -3.44. The van der Waals surface area contributed by atoms with Crippen molar-refractivity contribution in [2.75, 3.05) is 17.6 Å². The summed E-state index contributed by atoms with van der Waals surface area (Å²) in [6, 6.07) is 13.6. The van der Waals surface area contributed by atoms with Gasteiger partial charge in [-0.3, -0.25) is 24.0 Å². The van der Waals surface area contributed by atoms with E-state index in [2.05, 4.69) is 37.9 Å². The lowest BCUT2D eigenvalue weighted by Crippen LogP contribution is -2.25. The summed E-state index contributed by atoms with van der Waals surface area (Å²) in [7, 11) is 0. The monoisotopic (exact) mass is 538 g/mol. The number of amides is 2. The summed E-state index contributed by atoms with van der Waals surface area (Å²) < 4.78 is 2.26. The third kappa shape index (κ3) is 7.77. The van der Waals surface area contributed by atoms with Gasteiger partial charge < -0.3 is 10.6 Å². The Morgan fingerprint density at radius 3 is 2.73 bits per heavy atom. The van der Waals surface area contributed by atoms with Gasteiger partial charge in [0, 0.05) is 31.3 Å². The van der Waals surface area contributed by atoms with Gasteiger partial charge in [0.15, 0.2) is 11.0 Å². The molecule has 0 aliphatic heterocycles. The highest BCUT2D eigenvalue weighted by molar-refractivity contribution is 7.99. The number of anilines is 1. The minimum Gasteiger partial charge on any atom is -0.356 e. The molecule has 2 amide bonds. The zero-order chi connectivity index (χ0) is 26.0. The highest BCUT2D eigenvalue weighted by Gasteiger charge is 2.15. The molecule has 0 atom stereocenters. The maximum absolute atomic E-state index is 13.1. The number of benzene rings is 1. The molecule has 0 saturated carbocycles. The topological polar surface area (TPSA) is 122 Å². The number of rotatable bonds is 13. The van der Waals surface area contributed by atoms with Crippen LogP contribution < -0.4 is 16.2 Å². The first kappa shape index (κ1) is 26.6. The van der Waals surface area contributed by atoms with Crippen LogP contribution >= 0.6 is 23.1 Å². The summed E-state index contributed by atoms with van der Waals surface area (Å²) in [4.78, 5) is 42.3. The minimum atomic E-state index is -0.221. The van der Waals surface area contributed by atoms with Gasteiger partial charge in [-0.05, 0) is 43.2 Å². The van der Waals surface area contributed by atoms with Crippen molar-refractivity contribution < 1.29 is 9.59 Å². The molecule has 0 aliphatic carbocycles. The Labute approximate surface area is 223 Å². The third-order valence-electron chi connectivity index (χ3n) is 5.70. The summed E-state index contributed by atoms with van der Waals surface area (Å²) in [5.41, 5.74) is 2.60. The average Bonchev–Trinajstić information content (AvgIpc) is 3.53. The summed E-state index contributed by atoms with van der Waals surface area (Å²) >= 11 is 2.60. The lowest BCUT2D eigenvalue weighted by Gasteiger charge is -2.12. The molecule has 4 rings (SSSR count). The van der Waals surface area contributed by atoms with Crippen LogP contribution in [0.3, 0.4) is 0 Å². The SMILES string of the molecule is Cc1cc(NC(=O)CSc2nc3ccsc3c(=O)n2CCCCCC(=O)NCCc2ccccc2)n[nH]1. The summed E-state index contributed by atoms with van der Waals surface area (Å²) in [5, 5.41) is 14.9.